The molecular formula is C11H13IN2O3S. The van der Waals surface area contributed by atoms with Gasteiger partial charge in [0, 0.05) is 23.1 Å². The molecule has 0 radical (unpaired) electrons. The molecule has 7 heteroatoms. The quantitative estimate of drug-likeness (QED) is 0.784. The summed E-state index contributed by atoms with van der Waals surface area (Å²) in [6, 6.07) is 7.76. The van der Waals surface area contributed by atoms with E-state index in [9.17, 15) is 13.2 Å². The van der Waals surface area contributed by atoms with Gasteiger partial charge in [0.1, 0.15) is 5.25 Å². The van der Waals surface area contributed by atoms with Crippen LogP contribution in [-0.2, 0) is 21.4 Å². The van der Waals surface area contributed by atoms with Gasteiger partial charge < -0.3 is 4.90 Å². The zero-order chi connectivity index (χ0) is 13.3. The molecule has 0 spiro atoms. The molecule has 1 saturated heterocycles. The number of primary sulfonamides is 1. The number of halogens is 1. The van der Waals surface area contributed by atoms with Gasteiger partial charge in [0.25, 0.3) is 0 Å². The number of sulfonamides is 1. The first-order valence-electron chi connectivity index (χ1n) is 5.40. The predicted molar refractivity (Wildman–Crippen MR) is 76.1 cm³/mol. The van der Waals surface area contributed by atoms with Gasteiger partial charge in [0.05, 0.1) is 0 Å². The van der Waals surface area contributed by atoms with Crippen LogP contribution in [-0.4, -0.2) is 31.0 Å². The fraction of sp³-hybridized carbons (Fsp3) is 0.364. The summed E-state index contributed by atoms with van der Waals surface area (Å²) < 4.78 is 23.6. The Morgan fingerprint density at radius 2 is 1.94 bits per heavy atom. The maximum absolute atomic E-state index is 11.7. The smallest absolute Gasteiger partial charge is 0.224 e. The van der Waals surface area contributed by atoms with E-state index in [1.165, 1.54) is 4.90 Å². The van der Waals surface area contributed by atoms with Crippen molar-refractivity contribution in [2.45, 2.75) is 18.2 Å². The lowest BCUT2D eigenvalue weighted by atomic mass is 10.2. The molecule has 0 saturated carbocycles. The van der Waals surface area contributed by atoms with Crippen molar-refractivity contribution < 1.29 is 13.2 Å². The van der Waals surface area contributed by atoms with Crippen molar-refractivity contribution in [2.24, 2.45) is 5.14 Å². The minimum Gasteiger partial charge on any atom is -0.337 e. The third-order valence-electron chi connectivity index (χ3n) is 2.93. The number of amides is 1. The van der Waals surface area contributed by atoms with Gasteiger partial charge in [0.15, 0.2) is 0 Å². The number of benzene rings is 1. The number of carbonyl (C=O) groups is 1. The first-order valence-corrected chi connectivity index (χ1v) is 8.09. The van der Waals surface area contributed by atoms with E-state index < -0.39 is 15.3 Å². The van der Waals surface area contributed by atoms with Crippen molar-refractivity contribution in [2.75, 3.05) is 6.54 Å². The van der Waals surface area contributed by atoms with Crippen LogP contribution < -0.4 is 5.14 Å². The van der Waals surface area contributed by atoms with Crippen LogP contribution in [0.3, 0.4) is 0 Å². The summed E-state index contributed by atoms with van der Waals surface area (Å²) in [5, 5.41) is 4.30. The highest BCUT2D eigenvalue weighted by Crippen LogP contribution is 2.19. The van der Waals surface area contributed by atoms with E-state index in [-0.39, 0.29) is 18.9 Å². The van der Waals surface area contributed by atoms with Crippen LogP contribution in [0.4, 0.5) is 0 Å². The van der Waals surface area contributed by atoms with Crippen LogP contribution in [0.2, 0.25) is 0 Å². The number of nitrogens with zero attached hydrogens (tertiary/aromatic N) is 1. The van der Waals surface area contributed by atoms with Crippen molar-refractivity contribution in [3.8, 4) is 0 Å². The summed E-state index contributed by atoms with van der Waals surface area (Å²) in [6.07, 6.45) is -0.0107. The van der Waals surface area contributed by atoms with E-state index in [1.54, 1.807) is 0 Å². The van der Waals surface area contributed by atoms with Crippen LogP contribution in [0, 0.1) is 3.57 Å². The Morgan fingerprint density at radius 3 is 2.44 bits per heavy atom. The molecule has 1 atom stereocenters. The van der Waals surface area contributed by atoms with E-state index in [4.69, 9.17) is 5.14 Å². The number of hydrogen-bond donors (Lipinski definition) is 1. The molecule has 1 aromatic carbocycles. The second-order valence-corrected chi connectivity index (χ2v) is 7.41. The standard InChI is InChI=1S/C11H13IN2O3S/c12-9-3-1-8(2-4-9)6-14-7-10(5-11(14)15)18(13,16)17/h1-4,10H,5-7H2,(H2,13,16,17). The fourth-order valence-electron chi connectivity index (χ4n) is 1.92. The second-order valence-electron chi connectivity index (χ2n) is 4.32. The van der Waals surface area contributed by atoms with Gasteiger partial charge in [0.2, 0.25) is 15.9 Å². The molecule has 0 bridgehead atoms. The van der Waals surface area contributed by atoms with E-state index in [1.807, 2.05) is 24.3 Å². The monoisotopic (exact) mass is 380 g/mol. The molecular weight excluding hydrogens is 367 g/mol. The Hall–Kier alpha value is -0.670. The molecule has 1 aliphatic heterocycles. The lowest BCUT2D eigenvalue weighted by Gasteiger charge is -2.16. The van der Waals surface area contributed by atoms with Crippen LogP contribution in [0.15, 0.2) is 24.3 Å². The van der Waals surface area contributed by atoms with Crippen molar-refractivity contribution in [3.63, 3.8) is 0 Å². The highest BCUT2D eigenvalue weighted by molar-refractivity contribution is 14.1. The minimum atomic E-state index is -3.63. The summed E-state index contributed by atoms with van der Waals surface area (Å²) >= 11 is 2.20. The Morgan fingerprint density at radius 1 is 1.33 bits per heavy atom. The molecule has 2 rings (SSSR count). The number of rotatable bonds is 3. The zero-order valence-corrected chi connectivity index (χ0v) is 12.5. The summed E-state index contributed by atoms with van der Waals surface area (Å²) in [5.41, 5.74) is 0.985. The summed E-state index contributed by atoms with van der Waals surface area (Å²) in [5.74, 6) is -0.160. The van der Waals surface area contributed by atoms with Crippen LogP contribution in [0.1, 0.15) is 12.0 Å². The topological polar surface area (TPSA) is 80.5 Å². The molecule has 1 unspecified atom stereocenters. The van der Waals surface area contributed by atoms with Crippen molar-refractivity contribution >= 4 is 38.5 Å². The first kappa shape index (κ1) is 13.8. The van der Waals surface area contributed by atoms with Crippen LogP contribution in [0.5, 0.6) is 0 Å². The molecule has 1 amide bonds. The van der Waals surface area contributed by atoms with Crippen LogP contribution >= 0.6 is 22.6 Å². The van der Waals surface area contributed by atoms with Crippen molar-refractivity contribution in [1.82, 2.24) is 4.90 Å². The summed E-state index contributed by atoms with van der Waals surface area (Å²) in [6.45, 7) is 0.616. The Bertz CT molecular complexity index is 556. The van der Waals surface area contributed by atoms with Gasteiger partial charge in [-0.05, 0) is 40.3 Å². The molecule has 0 aliphatic carbocycles. The molecule has 1 aromatic rings. The lowest BCUT2D eigenvalue weighted by Crippen LogP contribution is -2.31. The maximum atomic E-state index is 11.7. The van der Waals surface area contributed by atoms with Gasteiger partial charge in [-0.3, -0.25) is 4.79 Å². The van der Waals surface area contributed by atoms with E-state index in [2.05, 4.69) is 22.6 Å². The SMILES string of the molecule is NS(=O)(=O)C1CC(=O)N(Cc2ccc(I)cc2)C1. The van der Waals surface area contributed by atoms with Gasteiger partial charge in [-0.1, -0.05) is 12.1 Å². The van der Waals surface area contributed by atoms with Crippen molar-refractivity contribution in [3.05, 3.63) is 33.4 Å². The number of hydrogen-bond acceptors (Lipinski definition) is 3. The molecule has 2 N–H and O–H groups in total. The van der Waals surface area contributed by atoms with Crippen LogP contribution in [0.25, 0.3) is 0 Å². The summed E-state index contributed by atoms with van der Waals surface area (Å²) in [4.78, 5) is 13.2. The molecule has 5 nitrogen and oxygen atoms in total. The Balaban J connectivity index is 2.07. The Labute approximate surface area is 120 Å². The fourth-order valence-corrected chi connectivity index (χ4v) is 3.04. The number of nitrogens with two attached hydrogens (primary N) is 1. The highest BCUT2D eigenvalue weighted by Gasteiger charge is 2.36. The highest BCUT2D eigenvalue weighted by atomic mass is 127. The molecule has 18 heavy (non-hydrogen) atoms. The average Bonchev–Trinajstić information content (AvgIpc) is 2.63. The molecule has 1 heterocycles. The second kappa shape index (κ2) is 5.14. The minimum absolute atomic E-state index is 0.0107. The maximum Gasteiger partial charge on any atom is 0.224 e. The predicted octanol–water partition coefficient (Wildman–Crippen LogP) is 0.681. The average molecular weight is 380 g/mol. The normalized spacial score (nSPS) is 20.4. The van der Waals surface area contributed by atoms with Gasteiger partial charge in [-0.25, -0.2) is 13.6 Å². The Kier molecular flexibility index (Phi) is 3.93. The third kappa shape index (κ3) is 3.21. The molecule has 1 fully saturated rings. The number of likely N-dealkylation sites (tertiary alicyclic amines) is 1. The number of carbonyl (C=O) groups excluding carboxylic acids is 1. The van der Waals surface area contributed by atoms with E-state index in [0.717, 1.165) is 9.13 Å². The van der Waals surface area contributed by atoms with Gasteiger partial charge in [-0.2, -0.15) is 0 Å². The summed E-state index contributed by atoms with van der Waals surface area (Å²) in [7, 11) is -3.63. The molecule has 0 aromatic heterocycles. The van der Waals surface area contributed by atoms with E-state index in [0.29, 0.717) is 6.54 Å². The third-order valence-corrected chi connectivity index (χ3v) is 4.89. The largest absolute Gasteiger partial charge is 0.337 e. The van der Waals surface area contributed by atoms with Crippen molar-refractivity contribution in [1.29, 1.82) is 0 Å². The molecule has 98 valence electrons. The van der Waals surface area contributed by atoms with Gasteiger partial charge >= 0.3 is 0 Å². The first-order chi connectivity index (χ1) is 8.36. The zero-order valence-electron chi connectivity index (χ0n) is 9.54. The molecule has 1 aliphatic rings. The van der Waals surface area contributed by atoms with Gasteiger partial charge in [-0.15, -0.1) is 0 Å². The van der Waals surface area contributed by atoms with E-state index >= 15 is 0 Å². The lowest BCUT2D eigenvalue weighted by molar-refractivity contribution is -0.128.